The van der Waals surface area contributed by atoms with Crippen LogP contribution in [0, 0.1) is 5.92 Å². The van der Waals surface area contributed by atoms with Crippen LogP contribution in [0.2, 0.25) is 0 Å². The Morgan fingerprint density at radius 1 is 1.48 bits per heavy atom. The Balaban J connectivity index is 1.85. The maximum atomic E-state index is 12.3. The molecule has 0 spiro atoms. The Bertz CT molecular complexity index is 472. The zero-order chi connectivity index (χ0) is 15.4. The van der Waals surface area contributed by atoms with Gasteiger partial charge in [0.05, 0.1) is 19.3 Å². The van der Waals surface area contributed by atoms with E-state index in [2.05, 4.69) is 41.3 Å². The number of likely N-dealkylation sites (N-methyl/N-ethyl adjacent to an activating group) is 1. The molecule has 7 nitrogen and oxygen atoms in total. The van der Waals surface area contributed by atoms with Gasteiger partial charge in [-0.25, -0.2) is 4.79 Å². The number of amides is 2. The summed E-state index contributed by atoms with van der Waals surface area (Å²) in [5, 5.41) is 11.3. The second-order valence-corrected chi connectivity index (χ2v) is 5.92. The molecule has 7 heteroatoms. The predicted molar refractivity (Wildman–Crippen MR) is 80.8 cm³/mol. The summed E-state index contributed by atoms with van der Waals surface area (Å²) in [7, 11) is 2.13. The number of nitrogens with one attached hydrogen (secondary N) is 1. The molecule has 1 fully saturated rings. The summed E-state index contributed by atoms with van der Waals surface area (Å²) in [4.78, 5) is 18.1. The van der Waals surface area contributed by atoms with Gasteiger partial charge in [0.25, 0.3) is 0 Å². The average molecular weight is 294 g/mol. The molecule has 21 heavy (non-hydrogen) atoms. The van der Waals surface area contributed by atoms with Gasteiger partial charge in [-0.15, -0.1) is 0 Å². The first-order valence-electron chi connectivity index (χ1n) is 7.63. The van der Waals surface area contributed by atoms with E-state index in [9.17, 15) is 4.79 Å². The zero-order valence-electron chi connectivity index (χ0n) is 13.4. The van der Waals surface area contributed by atoms with E-state index in [0.29, 0.717) is 18.5 Å². The van der Waals surface area contributed by atoms with Gasteiger partial charge in [-0.3, -0.25) is 4.90 Å². The molecule has 2 heterocycles. The highest BCUT2D eigenvalue weighted by Crippen LogP contribution is 2.15. The van der Waals surface area contributed by atoms with Crippen molar-refractivity contribution in [3.8, 4) is 0 Å². The third-order valence-corrected chi connectivity index (χ3v) is 4.04. The topological polar surface area (TPSA) is 66.3 Å². The van der Waals surface area contributed by atoms with Crippen molar-refractivity contribution in [2.24, 2.45) is 5.92 Å². The van der Waals surface area contributed by atoms with Gasteiger partial charge in [-0.1, -0.05) is 13.8 Å². The van der Waals surface area contributed by atoms with Crippen LogP contribution in [0.1, 0.15) is 26.5 Å². The van der Waals surface area contributed by atoms with Crippen LogP contribution in [-0.2, 0) is 13.1 Å². The summed E-state index contributed by atoms with van der Waals surface area (Å²) >= 11 is 0. The summed E-state index contributed by atoms with van der Waals surface area (Å²) in [5.74, 6) is 0.537. The first kappa shape index (κ1) is 15.8. The summed E-state index contributed by atoms with van der Waals surface area (Å²) < 4.78 is 0. The van der Waals surface area contributed by atoms with Crippen LogP contribution >= 0.6 is 0 Å². The first-order valence-corrected chi connectivity index (χ1v) is 7.63. The van der Waals surface area contributed by atoms with Gasteiger partial charge in [0, 0.05) is 25.7 Å². The van der Waals surface area contributed by atoms with Crippen molar-refractivity contribution in [2.75, 3.05) is 26.7 Å². The van der Waals surface area contributed by atoms with Crippen LogP contribution in [0.4, 0.5) is 4.79 Å². The third kappa shape index (κ3) is 3.93. The quantitative estimate of drug-likeness (QED) is 0.891. The van der Waals surface area contributed by atoms with E-state index in [1.54, 1.807) is 11.0 Å². The lowest BCUT2D eigenvalue weighted by molar-refractivity contribution is 0.0855. The monoisotopic (exact) mass is 294 g/mol. The predicted octanol–water partition coefficient (Wildman–Crippen LogP) is 0.780. The van der Waals surface area contributed by atoms with E-state index in [0.717, 1.165) is 31.9 Å². The maximum Gasteiger partial charge on any atom is 0.317 e. The van der Waals surface area contributed by atoms with E-state index in [1.807, 2.05) is 11.8 Å². The molecule has 0 saturated carbocycles. The molecule has 0 radical (unpaired) electrons. The SMILES string of the molecule is CCn1ncc(CNC(=O)N2CCN(C)[C@@H](C(C)C)C2)n1. The van der Waals surface area contributed by atoms with Gasteiger partial charge in [0.15, 0.2) is 0 Å². The number of nitrogens with zero attached hydrogens (tertiary/aromatic N) is 5. The Hall–Kier alpha value is -1.63. The number of piperazine rings is 1. The van der Waals surface area contributed by atoms with E-state index in [1.165, 1.54) is 0 Å². The smallest absolute Gasteiger partial charge is 0.317 e. The fraction of sp³-hybridized carbons (Fsp3) is 0.786. The highest BCUT2D eigenvalue weighted by molar-refractivity contribution is 5.74. The molecule has 0 bridgehead atoms. The second-order valence-electron chi connectivity index (χ2n) is 5.92. The van der Waals surface area contributed by atoms with Gasteiger partial charge in [0.2, 0.25) is 0 Å². The summed E-state index contributed by atoms with van der Waals surface area (Å²) in [5.41, 5.74) is 0.791. The summed E-state index contributed by atoms with van der Waals surface area (Å²) in [6.45, 7) is 10.0. The maximum absolute atomic E-state index is 12.3. The Morgan fingerprint density at radius 2 is 2.24 bits per heavy atom. The highest BCUT2D eigenvalue weighted by atomic mass is 16.2. The molecule has 1 saturated heterocycles. The molecule has 0 unspecified atom stereocenters. The summed E-state index contributed by atoms with van der Waals surface area (Å²) in [6.07, 6.45) is 1.70. The summed E-state index contributed by atoms with van der Waals surface area (Å²) in [6, 6.07) is 0.408. The van der Waals surface area contributed by atoms with Crippen LogP contribution in [0.5, 0.6) is 0 Å². The molecule has 1 aliphatic heterocycles. The van der Waals surface area contributed by atoms with E-state index in [4.69, 9.17) is 0 Å². The molecule has 1 aromatic heterocycles. The number of urea groups is 1. The Morgan fingerprint density at radius 3 is 2.86 bits per heavy atom. The molecule has 2 amide bonds. The van der Waals surface area contributed by atoms with Crippen molar-refractivity contribution in [1.82, 2.24) is 30.1 Å². The number of aromatic nitrogens is 3. The molecule has 1 atom stereocenters. The number of carbonyl (C=O) groups is 1. The fourth-order valence-electron chi connectivity index (χ4n) is 2.65. The molecule has 1 aliphatic rings. The van der Waals surface area contributed by atoms with Crippen molar-refractivity contribution < 1.29 is 4.79 Å². The lowest BCUT2D eigenvalue weighted by Gasteiger charge is -2.41. The van der Waals surface area contributed by atoms with E-state index in [-0.39, 0.29) is 6.03 Å². The van der Waals surface area contributed by atoms with Crippen molar-refractivity contribution in [2.45, 2.75) is 39.9 Å². The standard InChI is InChI=1S/C14H26N6O/c1-5-20-16-9-12(17-20)8-15-14(21)19-7-6-18(4)13(10-19)11(2)3/h9,11,13H,5-8,10H2,1-4H3,(H,15,21)/t13-/m1/s1. The van der Waals surface area contributed by atoms with Crippen LogP contribution in [0.25, 0.3) is 0 Å². The Labute approximate surface area is 126 Å². The largest absolute Gasteiger partial charge is 0.332 e. The second kappa shape index (κ2) is 6.89. The lowest BCUT2D eigenvalue weighted by Crippen LogP contribution is -2.57. The van der Waals surface area contributed by atoms with Gasteiger partial charge < -0.3 is 10.2 Å². The average Bonchev–Trinajstić information content (AvgIpc) is 2.93. The molecular weight excluding hydrogens is 268 g/mol. The minimum absolute atomic E-state index is 0.0141. The van der Waals surface area contributed by atoms with Crippen LogP contribution < -0.4 is 5.32 Å². The van der Waals surface area contributed by atoms with E-state index < -0.39 is 0 Å². The van der Waals surface area contributed by atoms with Crippen molar-refractivity contribution in [3.63, 3.8) is 0 Å². The van der Waals surface area contributed by atoms with Crippen molar-refractivity contribution >= 4 is 6.03 Å². The van der Waals surface area contributed by atoms with Crippen molar-refractivity contribution in [1.29, 1.82) is 0 Å². The number of hydrogen-bond donors (Lipinski definition) is 1. The molecule has 1 aromatic rings. The number of rotatable bonds is 4. The number of hydrogen-bond acceptors (Lipinski definition) is 4. The molecular formula is C14H26N6O. The Kier molecular flexibility index (Phi) is 5.17. The molecule has 0 aliphatic carbocycles. The molecule has 118 valence electrons. The minimum atomic E-state index is -0.0141. The third-order valence-electron chi connectivity index (χ3n) is 4.04. The number of carbonyl (C=O) groups excluding carboxylic acids is 1. The van der Waals surface area contributed by atoms with Gasteiger partial charge >= 0.3 is 6.03 Å². The molecule has 2 rings (SSSR count). The zero-order valence-corrected chi connectivity index (χ0v) is 13.4. The van der Waals surface area contributed by atoms with Crippen molar-refractivity contribution in [3.05, 3.63) is 11.9 Å². The highest BCUT2D eigenvalue weighted by Gasteiger charge is 2.29. The lowest BCUT2D eigenvalue weighted by atomic mass is 10.0. The molecule has 0 aromatic carbocycles. The first-order chi connectivity index (χ1) is 10.0. The van der Waals surface area contributed by atoms with Gasteiger partial charge in [0.1, 0.15) is 5.69 Å². The molecule has 1 N–H and O–H groups in total. The van der Waals surface area contributed by atoms with Crippen LogP contribution in [0.15, 0.2) is 6.20 Å². The minimum Gasteiger partial charge on any atom is -0.332 e. The van der Waals surface area contributed by atoms with Gasteiger partial charge in [-0.2, -0.15) is 15.0 Å². The number of aryl methyl sites for hydroxylation is 1. The van der Waals surface area contributed by atoms with Gasteiger partial charge in [-0.05, 0) is 19.9 Å². The van der Waals surface area contributed by atoms with Crippen LogP contribution in [-0.4, -0.2) is 63.5 Å². The fourth-order valence-corrected chi connectivity index (χ4v) is 2.65. The normalized spacial score (nSPS) is 20.0. The van der Waals surface area contributed by atoms with Crippen LogP contribution in [0.3, 0.4) is 0 Å². The van der Waals surface area contributed by atoms with E-state index >= 15 is 0 Å².